The highest BCUT2D eigenvalue weighted by Gasteiger charge is 2.33. The summed E-state index contributed by atoms with van der Waals surface area (Å²) in [7, 11) is 1.49. The summed E-state index contributed by atoms with van der Waals surface area (Å²) >= 11 is 10.00. The molecule has 184 valence electrons. The van der Waals surface area contributed by atoms with Crippen molar-refractivity contribution in [2.24, 2.45) is 0 Å². The number of thioether (sulfide) groups is 1. The molecular formula is C26H20BrFN2O4S2. The number of nitrogens with one attached hydrogen (secondary N) is 1. The van der Waals surface area contributed by atoms with Crippen molar-refractivity contribution in [3.05, 3.63) is 87.0 Å². The van der Waals surface area contributed by atoms with Crippen molar-refractivity contribution in [3.8, 4) is 11.5 Å². The number of carbonyl (C=O) groups is 2. The van der Waals surface area contributed by atoms with Crippen LogP contribution in [0, 0.1) is 12.7 Å². The quantitative estimate of drug-likeness (QED) is 0.258. The number of nitrogens with zero attached hydrogens (tertiary/aromatic N) is 1. The summed E-state index contributed by atoms with van der Waals surface area (Å²) in [6, 6.07) is 16.5. The molecule has 1 saturated heterocycles. The number of benzene rings is 3. The van der Waals surface area contributed by atoms with E-state index in [-0.39, 0.29) is 18.4 Å². The lowest BCUT2D eigenvalue weighted by Crippen LogP contribution is -2.27. The van der Waals surface area contributed by atoms with Crippen LogP contribution in [0.15, 0.2) is 70.0 Å². The van der Waals surface area contributed by atoms with Gasteiger partial charge in [-0.1, -0.05) is 42.2 Å². The van der Waals surface area contributed by atoms with Crippen LogP contribution in [0.2, 0.25) is 0 Å². The van der Waals surface area contributed by atoms with E-state index in [1.54, 1.807) is 18.2 Å². The molecule has 36 heavy (non-hydrogen) atoms. The fraction of sp³-hybridized carbons (Fsp3) is 0.115. The number of amides is 2. The maximum Gasteiger partial charge on any atom is 0.270 e. The molecule has 1 fully saturated rings. The van der Waals surface area contributed by atoms with Gasteiger partial charge in [-0.15, -0.1) is 0 Å². The highest BCUT2D eigenvalue weighted by molar-refractivity contribution is 9.10. The Morgan fingerprint density at radius 3 is 2.61 bits per heavy atom. The molecule has 10 heteroatoms. The lowest BCUT2D eigenvalue weighted by molar-refractivity contribution is -0.118. The average Bonchev–Trinajstić information content (AvgIpc) is 3.12. The van der Waals surface area contributed by atoms with Gasteiger partial charge in [-0.05, 0) is 82.5 Å². The van der Waals surface area contributed by atoms with Gasteiger partial charge in [0.2, 0.25) is 0 Å². The van der Waals surface area contributed by atoms with Gasteiger partial charge in [0.1, 0.15) is 5.82 Å². The molecular weight excluding hydrogens is 567 g/mol. The molecule has 2 amide bonds. The Morgan fingerprint density at radius 1 is 1.19 bits per heavy atom. The summed E-state index contributed by atoms with van der Waals surface area (Å²) in [4.78, 5) is 27.2. The summed E-state index contributed by atoms with van der Waals surface area (Å²) < 4.78 is 25.4. The highest BCUT2D eigenvalue weighted by atomic mass is 79.9. The number of methoxy groups -OCH3 is 1. The van der Waals surface area contributed by atoms with E-state index < -0.39 is 5.82 Å². The number of carbonyl (C=O) groups excluding carboxylic acids is 2. The van der Waals surface area contributed by atoms with Gasteiger partial charge >= 0.3 is 0 Å². The van der Waals surface area contributed by atoms with Gasteiger partial charge in [0, 0.05) is 5.69 Å². The van der Waals surface area contributed by atoms with Gasteiger partial charge in [0.15, 0.2) is 22.4 Å². The molecule has 0 bridgehead atoms. The van der Waals surface area contributed by atoms with E-state index in [4.69, 9.17) is 21.7 Å². The van der Waals surface area contributed by atoms with Crippen molar-refractivity contribution >= 4 is 73.5 Å². The summed E-state index contributed by atoms with van der Waals surface area (Å²) in [6.45, 7) is 1.68. The zero-order chi connectivity index (χ0) is 25.8. The number of halogens is 2. The molecule has 0 radical (unpaired) electrons. The van der Waals surface area contributed by atoms with Crippen molar-refractivity contribution in [3.63, 3.8) is 0 Å². The number of ether oxygens (including phenoxy) is 2. The highest BCUT2D eigenvalue weighted by Crippen LogP contribution is 2.40. The molecule has 0 atom stereocenters. The van der Waals surface area contributed by atoms with Crippen molar-refractivity contribution in [2.45, 2.75) is 6.92 Å². The first-order valence-electron chi connectivity index (χ1n) is 10.7. The third kappa shape index (κ3) is 5.77. The number of thiocarbonyl (C=S) groups is 1. The van der Waals surface area contributed by atoms with E-state index >= 15 is 0 Å². The van der Waals surface area contributed by atoms with Gasteiger partial charge in [-0.25, -0.2) is 4.39 Å². The van der Waals surface area contributed by atoms with Crippen LogP contribution in [-0.4, -0.2) is 29.9 Å². The van der Waals surface area contributed by atoms with Crippen LogP contribution in [0.5, 0.6) is 11.5 Å². The molecule has 0 spiro atoms. The molecule has 0 saturated carbocycles. The van der Waals surface area contributed by atoms with Gasteiger partial charge in [0.05, 0.1) is 22.2 Å². The van der Waals surface area contributed by atoms with E-state index in [2.05, 4.69) is 21.2 Å². The second kappa shape index (κ2) is 11.2. The molecule has 1 heterocycles. The Hall–Kier alpha value is -3.21. The van der Waals surface area contributed by atoms with Crippen molar-refractivity contribution in [1.82, 2.24) is 0 Å². The average molecular weight is 587 g/mol. The second-order valence-electron chi connectivity index (χ2n) is 7.68. The van der Waals surface area contributed by atoms with Crippen LogP contribution in [0.4, 0.5) is 15.8 Å². The maximum atomic E-state index is 13.3. The van der Waals surface area contributed by atoms with Crippen LogP contribution in [0.25, 0.3) is 6.08 Å². The van der Waals surface area contributed by atoms with Crippen LogP contribution < -0.4 is 19.7 Å². The molecule has 0 unspecified atom stereocenters. The normalized spacial score (nSPS) is 14.3. The SMILES string of the molecule is COc1cc(/C=C2\SC(=S)N(c3ccc(F)cc3)C2=O)cc(Br)c1OCC(=O)Nc1ccccc1C. The van der Waals surface area contributed by atoms with Crippen molar-refractivity contribution < 1.29 is 23.5 Å². The molecule has 3 aromatic rings. The van der Waals surface area contributed by atoms with E-state index in [0.717, 1.165) is 17.3 Å². The minimum Gasteiger partial charge on any atom is -0.493 e. The summed E-state index contributed by atoms with van der Waals surface area (Å²) in [5, 5.41) is 2.82. The van der Waals surface area contributed by atoms with E-state index in [0.29, 0.717) is 42.1 Å². The molecule has 1 N–H and O–H groups in total. The summed E-state index contributed by atoms with van der Waals surface area (Å²) in [5.74, 6) is -0.278. The fourth-order valence-corrected chi connectivity index (χ4v) is 5.31. The molecule has 1 aliphatic rings. The van der Waals surface area contributed by atoms with Crippen LogP contribution in [-0.2, 0) is 9.59 Å². The zero-order valence-corrected chi connectivity index (χ0v) is 22.4. The Kier molecular flexibility index (Phi) is 8.07. The van der Waals surface area contributed by atoms with Gasteiger partial charge < -0.3 is 14.8 Å². The molecule has 3 aromatic carbocycles. The topological polar surface area (TPSA) is 67.9 Å². The fourth-order valence-electron chi connectivity index (χ4n) is 3.43. The monoisotopic (exact) mass is 586 g/mol. The van der Waals surface area contributed by atoms with E-state index in [1.807, 2.05) is 31.2 Å². The van der Waals surface area contributed by atoms with Crippen LogP contribution in [0.1, 0.15) is 11.1 Å². The van der Waals surface area contributed by atoms with Crippen LogP contribution in [0.3, 0.4) is 0 Å². The first kappa shape index (κ1) is 25.9. The Bertz CT molecular complexity index is 1380. The molecule has 0 aromatic heterocycles. The third-order valence-corrected chi connectivity index (χ3v) is 7.09. The maximum absolute atomic E-state index is 13.3. The predicted molar refractivity (Wildman–Crippen MR) is 148 cm³/mol. The van der Waals surface area contributed by atoms with Crippen LogP contribution >= 0.6 is 39.9 Å². The second-order valence-corrected chi connectivity index (χ2v) is 10.2. The number of aryl methyl sites for hydroxylation is 1. The Balaban J connectivity index is 1.50. The largest absolute Gasteiger partial charge is 0.493 e. The van der Waals surface area contributed by atoms with Gasteiger partial charge in [0.25, 0.3) is 11.8 Å². The first-order chi connectivity index (χ1) is 17.3. The smallest absolute Gasteiger partial charge is 0.270 e. The standard InChI is InChI=1S/C26H20BrFN2O4S2/c1-15-5-3-4-6-20(15)29-23(31)14-34-24-19(27)11-16(12-21(24)33-2)13-22-25(32)30(26(35)36-22)18-9-7-17(28)8-10-18/h3-13H,14H2,1-2H3,(H,29,31)/b22-13-. The Labute approximate surface area is 225 Å². The molecule has 4 rings (SSSR count). The summed E-state index contributed by atoms with van der Waals surface area (Å²) in [5.41, 5.74) is 2.81. The Morgan fingerprint density at radius 2 is 1.92 bits per heavy atom. The van der Waals surface area contributed by atoms with E-state index in [1.165, 1.54) is 36.3 Å². The number of anilines is 2. The lowest BCUT2D eigenvalue weighted by atomic mass is 10.1. The zero-order valence-electron chi connectivity index (χ0n) is 19.2. The minimum absolute atomic E-state index is 0.223. The third-order valence-electron chi connectivity index (χ3n) is 5.19. The minimum atomic E-state index is -0.397. The number of para-hydroxylation sites is 1. The number of rotatable bonds is 7. The first-order valence-corrected chi connectivity index (χ1v) is 12.7. The van der Waals surface area contributed by atoms with Gasteiger partial charge in [-0.2, -0.15) is 0 Å². The molecule has 1 aliphatic heterocycles. The molecule has 0 aliphatic carbocycles. The van der Waals surface area contributed by atoms with Crippen molar-refractivity contribution in [1.29, 1.82) is 0 Å². The summed E-state index contributed by atoms with van der Waals surface area (Å²) in [6.07, 6.45) is 1.69. The van der Waals surface area contributed by atoms with Gasteiger partial charge in [-0.3, -0.25) is 14.5 Å². The predicted octanol–water partition coefficient (Wildman–Crippen LogP) is 6.33. The van der Waals surface area contributed by atoms with Crippen molar-refractivity contribution in [2.75, 3.05) is 23.9 Å². The number of hydrogen-bond donors (Lipinski definition) is 1. The molecule has 6 nitrogen and oxygen atoms in total. The number of hydrogen-bond acceptors (Lipinski definition) is 6. The van der Waals surface area contributed by atoms with E-state index in [9.17, 15) is 14.0 Å². The lowest BCUT2D eigenvalue weighted by Gasteiger charge is -2.14.